The molecule has 0 spiro atoms. The number of nitro groups is 1. The molecule has 26 heavy (non-hydrogen) atoms. The van der Waals surface area contributed by atoms with E-state index in [4.69, 9.17) is 10.5 Å². The standard InChI is InChI=1S/C16H20N4O6/c17-12-7-6-10(8-13(12)20(24)25)15(22)26-9-14(21)19-16(23)18-11-4-2-1-3-5-11/h6-8,11H,1-5,9,17H2,(H2,18,19,21,23). The van der Waals surface area contributed by atoms with Gasteiger partial charge >= 0.3 is 12.0 Å². The summed E-state index contributed by atoms with van der Waals surface area (Å²) >= 11 is 0. The van der Waals surface area contributed by atoms with Gasteiger partial charge in [-0.25, -0.2) is 9.59 Å². The van der Waals surface area contributed by atoms with E-state index in [2.05, 4.69) is 10.6 Å². The van der Waals surface area contributed by atoms with Crippen LogP contribution >= 0.6 is 0 Å². The van der Waals surface area contributed by atoms with Crippen molar-refractivity contribution >= 4 is 29.3 Å². The number of hydrogen-bond acceptors (Lipinski definition) is 7. The Hall–Kier alpha value is -3.17. The Balaban J connectivity index is 1.81. The number of rotatable bonds is 5. The molecule has 3 amide bonds. The monoisotopic (exact) mass is 364 g/mol. The predicted molar refractivity (Wildman–Crippen MR) is 91.3 cm³/mol. The Bertz CT molecular complexity index is 715. The van der Waals surface area contributed by atoms with Gasteiger partial charge in [-0.05, 0) is 25.0 Å². The lowest BCUT2D eigenvalue weighted by Gasteiger charge is -2.22. The minimum Gasteiger partial charge on any atom is -0.452 e. The first kappa shape index (κ1) is 19.2. The van der Waals surface area contributed by atoms with E-state index in [0.717, 1.165) is 38.2 Å². The number of benzene rings is 1. The molecule has 0 aromatic heterocycles. The number of nitro benzene ring substituents is 1. The number of nitrogens with one attached hydrogen (secondary N) is 2. The molecule has 140 valence electrons. The molecule has 0 heterocycles. The molecule has 1 aromatic carbocycles. The molecular weight excluding hydrogens is 344 g/mol. The smallest absolute Gasteiger partial charge is 0.338 e. The van der Waals surface area contributed by atoms with E-state index in [9.17, 15) is 24.5 Å². The number of amides is 3. The van der Waals surface area contributed by atoms with Gasteiger partial charge in [-0.1, -0.05) is 19.3 Å². The number of esters is 1. The third-order valence-electron chi connectivity index (χ3n) is 3.99. The van der Waals surface area contributed by atoms with Crippen molar-refractivity contribution in [2.24, 2.45) is 0 Å². The van der Waals surface area contributed by atoms with Gasteiger partial charge in [0.2, 0.25) is 0 Å². The molecule has 0 unspecified atom stereocenters. The van der Waals surface area contributed by atoms with Gasteiger partial charge in [0.05, 0.1) is 10.5 Å². The third kappa shape index (κ3) is 5.43. The molecule has 1 aliphatic rings. The van der Waals surface area contributed by atoms with Crippen LogP contribution in [0.15, 0.2) is 18.2 Å². The zero-order valence-electron chi connectivity index (χ0n) is 14.0. The number of carbonyl (C=O) groups excluding carboxylic acids is 3. The maximum Gasteiger partial charge on any atom is 0.338 e. The van der Waals surface area contributed by atoms with Crippen LogP contribution in [0.5, 0.6) is 0 Å². The lowest BCUT2D eigenvalue weighted by atomic mass is 9.96. The number of carbonyl (C=O) groups is 3. The highest BCUT2D eigenvalue weighted by atomic mass is 16.6. The van der Waals surface area contributed by atoms with Crippen molar-refractivity contribution in [2.45, 2.75) is 38.1 Å². The highest BCUT2D eigenvalue weighted by Crippen LogP contribution is 2.22. The van der Waals surface area contributed by atoms with E-state index < -0.39 is 35.1 Å². The Morgan fingerprint density at radius 3 is 2.58 bits per heavy atom. The summed E-state index contributed by atoms with van der Waals surface area (Å²) in [6.45, 7) is -0.685. The summed E-state index contributed by atoms with van der Waals surface area (Å²) in [4.78, 5) is 45.4. The number of ether oxygens (including phenoxy) is 1. The largest absolute Gasteiger partial charge is 0.452 e. The number of nitrogen functional groups attached to an aromatic ring is 1. The highest BCUT2D eigenvalue weighted by molar-refractivity contribution is 5.97. The minimum atomic E-state index is -0.934. The van der Waals surface area contributed by atoms with E-state index in [1.807, 2.05) is 0 Å². The summed E-state index contributed by atoms with van der Waals surface area (Å²) in [7, 11) is 0. The number of imide groups is 1. The van der Waals surface area contributed by atoms with Crippen molar-refractivity contribution in [1.29, 1.82) is 0 Å². The Labute approximate surface area is 149 Å². The second-order valence-corrected chi connectivity index (χ2v) is 5.96. The number of nitrogens with two attached hydrogens (primary N) is 1. The van der Waals surface area contributed by atoms with Crippen LogP contribution in [0.2, 0.25) is 0 Å². The summed E-state index contributed by atoms with van der Waals surface area (Å²) in [6.07, 6.45) is 4.94. The van der Waals surface area contributed by atoms with Crippen molar-refractivity contribution in [2.75, 3.05) is 12.3 Å². The van der Waals surface area contributed by atoms with Crippen LogP contribution in [-0.4, -0.2) is 35.5 Å². The minimum absolute atomic E-state index is 0.0365. The van der Waals surface area contributed by atoms with Gasteiger partial charge in [-0.2, -0.15) is 0 Å². The van der Waals surface area contributed by atoms with Crippen molar-refractivity contribution in [1.82, 2.24) is 10.6 Å². The Morgan fingerprint density at radius 1 is 1.23 bits per heavy atom. The first-order chi connectivity index (χ1) is 12.4. The second kappa shape index (κ2) is 8.79. The topological polar surface area (TPSA) is 154 Å². The van der Waals surface area contributed by atoms with E-state index in [0.29, 0.717) is 0 Å². The quantitative estimate of drug-likeness (QED) is 0.309. The zero-order valence-corrected chi connectivity index (χ0v) is 14.0. The summed E-state index contributed by atoms with van der Waals surface area (Å²) in [6, 6.07) is 2.81. The molecule has 0 saturated heterocycles. The number of urea groups is 1. The maximum absolute atomic E-state index is 11.9. The molecule has 4 N–H and O–H groups in total. The van der Waals surface area contributed by atoms with Crippen LogP contribution in [-0.2, 0) is 9.53 Å². The summed E-state index contributed by atoms with van der Waals surface area (Å²) in [5.41, 5.74) is 4.79. The molecule has 1 aliphatic carbocycles. The number of anilines is 1. The molecule has 2 rings (SSSR count). The average Bonchev–Trinajstić information content (AvgIpc) is 2.60. The fourth-order valence-electron chi connectivity index (χ4n) is 2.67. The fraction of sp³-hybridized carbons (Fsp3) is 0.438. The van der Waals surface area contributed by atoms with Crippen LogP contribution in [0.25, 0.3) is 0 Å². The van der Waals surface area contributed by atoms with Crippen molar-refractivity contribution in [3.05, 3.63) is 33.9 Å². The van der Waals surface area contributed by atoms with Gasteiger partial charge in [0.1, 0.15) is 5.69 Å². The van der Waals surface area contributed by atoms with Crippen LogP contribution in [0, 0.1) is 10.1 Å². The van der Waals surface area contributed by atoms with E-state index >= 15 is 0 Å². The van der Waals surface area contributed by atoms with Crippen LogP contribution in [0.1, 0.15) is 42.5 Å². The van der Waals surface area contributed by atoms with Gasteiger partial charge in [-0.15, -0.1) is 0 Å². The molecule has 1 fully saturated rings. The van der Waals surface area contributed by atoms with E-state index in [-0.39, 0.29) is 17.3 Å². The van der Waals surface area contributed by atoms with Crippen molar-refractivity contribution < 1.29 is 24.0 Å². The van der Waals surface area contributed by atoms with Gasteiger partial charge in [0.15, 0.2) is 6.61 Å². The first-order valence-corrected chi connectivity index (χ1v) is 8.18. The summed E-state index contributed by atoms with van der Waals surface area (Å²) < 4.78 is 4.76. The lowest BCUT2D eigenvalue weighted by Crippen LogP contribution is -2.46. The summed E-state index contributed by atoms with van der Waals surface area (Å²) in [5, 5.41) is 15.6. The Morgan fingerprint density at radius 2 is 1.92 bits per heavy atom. The highest BCUT2D eigenvalue weighted by Gasteiger charge is 2.19. The van der Waals surface area contributed by atoms with Crippen LogP contribution in [0.4, 0.5) is 16.2 Å². The van der Waals surface area contributed by atoms with Crippen LogP contribution in [0.3, 0.4) is 0 Å². The number of hydrogen-bond donors (Lipinski definition) is 3. The molecule has 0 bridgehead atoms. The van der Waals surface area contributed by atoms with Crippen LogP contribution < -0.4 is 16.4 Å². The average molecular weight is 364 g/mol. The predicted octanol–water partition coefficient (Wildman–Crippen LogP) is 1.49. The zero-order chi connectivity index (χ0) is 19.1. The van der Waals surface area contributed by atoms with Gasteiger partial charge in [-0.3, -0.25) is 20.2 Å². The Kier molecular flexibility index (Phi) is 6.48. The first-order valence-electron chi connectivity index (χ1n) is 8.18. The molecule has 10 nitrogen and oxygen atoms in total. The molecule has 0 aliphatic heterocycles. The SMILES string of the molecule is Nc1ccc(C(=O)OCC(=O)NC(=O)NC2CCCCC2)cc1[N+](=O)[O-]. The van der Waals surface area contributed by atoms with Crippen molar-refractivity contribution in [3.63, 3.8) is 0 Å². The van der Waals surface area contributed by atoms with E-state index in [1.165, 1.54) is 12.1 Å². The number of nitrogens with zero attached hydrogens (tertiary/aromatic N) is 1. The molecule has 0 radical (unpaired) electrons. The second-order valence-electron chi connectivity index (χ2n) is 5.96. The molecule has 0 atom stereocenters. The summed E-state index contributed by atoms with van der Waals surface area (Å²) in [5.74, 6) is -1.73. The normalized spacial score (nSPS) is 14.3. The van der Waals surface area contributed by atoms with Crippen molar-refractivity contribution in [3.8, 4) is 0 Å². The molecule has 1 aromatic rings. The third-order valence-corrected chi connectivity index (χ3v) is 3.99. The van der Waals surface area contributed by atoms with Gasteiger partial charge in [0.25, 0.3) is 11.6 Å². The fourth-order valence-corrected chi connectivity index (χ4v) is 2.67. The molecule has 1 saturated carbocycles. The van der Waals surface area contributed by atoms with Gasteiger partial charge < -0.3 is 15.8 Å². The lowest BCUT2D eigenvalue weighted by molar-refractivity contribution is -0.383. The van der Waals surface area contributed by atoms with Gasteiger partial charge in [0, 0.05) is 12.1 Å². The maximum atomic E-state index is 11.9. The van der Waals surface area contributed by atoms with E-state index in [1.54, 1.807) is 0 Å². The molecular formula is C16H20N4O6. The molecule has 10 heteroatoms.